The highest BCUT2D eigenvalue weighted by Gasteiger charge is 2.26. The van der Waals surface area contributed by atoms with Crippen LogP contribution in [0.3, 0.4) is 0 Å². The third-order valence-corrected chi connectivity index (χ3v) is 2.11. The van der Waals surface area contributed by atoms with E-state index in [1.807, 2.05) is 20.8 Å². The lowest BCUT2D eigenvalue weighted by molar-refractivity contribution is -0.144. The molecule has 0 radical (unpaired) electrons. The number of hydrogen-bond donors (Lipinski definition) is 1. The maximum atomic E-state index is 11.5. The summed E-state index contributed by atoms with van der Waals surface area (Å²) in [6, 6.07) is 0. The molecule has 76 valence electrons. The Morgan fingerprint density at radius 1 is 1.31 bits per heavy atom. The summed E-state index contributed by atoms with van der Waals surface area (Å²) < 4.78 is 0. The number of carbonyl (C=O) groups excluding carboxylic acids is 1. The quantitative estimate of drug-likeness (QED) is 0.731. The zero-order chi connectivity index (χ0) is 10.6. The van der Waals surface area contributed by atoms with Crippen LogP contribution in [0.4, 0.5) is 0 Å². The standard InChI is InChI=1S/C10H18O3/c1-5-7(9(12)13)6-8(11)10(2,3)4/h7H,5-6H2,1-4H3,(H,12,13)/t7-/m1/s1. The Kier molecular flexibility index (Phi) is 4.11. The Hall–Kier alpha value is -0.860. The molecule has 0 heterocycles. The molecule has 0 aromatic rings. The summed E-state index contributed by atoms with van der Waals surface area (Å²) >= 11 is 0. The van der Waals surface area contributed by atoms with E-state index in [1.165, 1.54) is 0 Å². The molecule has 0 fully saturated rings. The highest BCUT2D eigenvalue weighted by atomic mass is 16.4. The smallest absolute Gasteiger partial charge is 0.306 e. The Bertz CT molecular complexity index is 201. The zero-order valence-electron chi connectivity index (χ0n) is 8.76. The van der Waals surface area contributed by atoms with E-state index in [0.717, 1.165) is 0 Å². The van der Waals surface area contributed by atoms with Crippen LogP contribution in [0, 0.1) is 11.3 Å². The third kappa shape index (κ3) is 4.06. The van der Waals surface area contributed by atoms with Gasteiger partial charge in [-0.3, -0.25) is 9.59 Å². The predicted octanol–water partition coefficient (Wildman–Crippen LogP) is 2.10. The Morgan fingerprint density at radius 3 is 2.00 bits per heavy atom. The lowest BCUT2D eigenvalue weighted by atomic mass is 9.84. The SMILES string of the molecule is CC[C@H](CC(=O)C(C)(C)C)C(=O)O. The van der Waals surface area contributed by atoms with Crippen molar-refractivity contribution in [3.63, 3.8) is 0 Å². The van der Waals surface area contributed by atoms with Crippen molar-refractivity contribution in [2.75, 3.05) is 0 Å². The van der Waals surface area contributed by atoms with E-state index in [1.54, 1.807) is 6.92 Å². The summed E-state index contributed by atoms with van der Waals surface area (Å²) in [5.74, 6) is -1.38. The molecule has 0 spiro atoms. The summed E-state index contributed by atoms with van der Waals surface area (Å²) in [5.41, 5.74) is -0.428. The summed E-state index contributed by atoms with van der Waals surface area (Å²) in [7, 11) is 0. The van der Waals surface area contributed by atoms with Gasteiger partial charge in [0.1, 0.15) is 5.78 Å². The number of ketones is 1. The van der Waals surface area contributed by atoms with E-state index in [0.29, 0.717) is 6.42 Å². The highest BCUT2D eigenvalue weighted by molar-refractivity contribution is 5.87. The van der Waals surface area contributed by atoms with E-state index >= 15 is 0 Å². The number of aliphatic carboxylic acids is 1. The van der Waals surface area contributed by atoms with Crippen molar-refractivity contribution < 1.29 is 14.7 Å². The second-order valence-corrected chi connectivity index (χ2v) is 4.32. The van der Waals surface area contributed by atoms with Crippen LogP contribution in [0.15, 0.2) is 0 Å². The molecule has 3 heteroatoms. The van der Waals surface area contributed by atoms with Crippen LogP contribution in [-0.2, 0) is 9.59 Å². The Balaban J connectivity index is 4.26. The van der Waals surface area contributed by atoms with E-state index in [2.05, 4.69) is 0 Å². The van der Waals surface area contributed by atoms with Gasteiger partial charge in [-0.2, -0.15) is 0 Å². The molecule has 0 unspecified atom stereocenters. The van der Waals surface area contributed by atoms with Crippen LogP contribution < -0.4 is 0 Å². The first kappa shape index (κ1) is 12.1. The molecule has 0 amide bonds. The summed E-state index contributed by atoms with van der Waals surface area (Å²) in [5, 5.41) is 8.74. The van der Waals surface area contributed by atoms with E-state index in [4.69, 9.17) is 5.11 Å². The minimum Gasteiger partial charge on any atom is -0.481 e. The van der Waals surface area contributed by atoms with Crippen molar-refractivity contribution in [1.29, 1.82) is 0 Å². The molecule has 13 heavy (non-hydrogen) atoms. The van der Waals surface area contributed by atoms with E-state index < -0.39 is 17.3 Å². The van der Waals surface area contributed by atoms with Crippen molar-refractivity contribution in [2.45, 2.75) is 40.5 Å². The fourth-order valence-corrected chi connectivity index (χ4v) is 0.936. The average Bonchev–Trinajstić information content (AvgIpc) is 1.96. The molecule has 0 aromatic heterocycles. The molecule has 1 atom stereocenters. The summed E-state index contributed by atoms with van der Waals surface area (Å²) in [6.45, 7) is 7.21. The Labute approximate surface area is 79.1 Å². The van der Waals surface area contributed by atoms with Crippen molar-refractivity contribution in [2.24, 2.45) is 11.3 Å². The van der Waals surface area contributed by atoms with Crippen LogP contribution >= 0.6 is 0 Å². The van der Waals surface area contributed by atoms with E-state index in [9.17, 15) is 9.59 Å². The average molecular weight is 186 g/mol. The molecule has 3 nitrogen and oxygen atoms in total. The first-order chi connectivity index (χ1) is 5.79. The third-order valence-electron chi connectivity index (χ3n) is 2.11. The Morgan fingerprint density at radius 2 is 1.77 bits per heavy atom. The normalized spacial score (nSPS) is 13.8. The highest BCUT2D eigenvalue weighted by Crippen LogP contribution is 2.21. The maximum Gasteiger partial charge on any atom is 0.306 e. The van der Waals surface area contributed by atoms with Gasteiger partial charge in [0.25, 0.3) is 0 Å². The largest absolute Gasteiger partial charge is 0.481 e. The van der Waals surface area contributed by atoms with Crippen LogP contribution in [0.25, 0.3) is 0 Å². The summed E-state index contributed by atoms with van der Waals surface area (Å²) in [4.78, 5) is 22.1. The van der Waals surface area contributed by atoms with Crippen LogP contribution in [0.1, 0.15) is 40.5 Å². The van der Waals surface area contributed by atoms with Gasteiger partial charge >= 0.3 is 5.97 Å². The topological polar surface area (TPSA) is 54.4 Å². The number of hydrogen-bond acceptors (Lipinski definition) is 2. The molecular formula is C10H18O3. The van der Waals surface area contributed by atoms with Crippen LogP contribution in [0.2, 0.25) is 0 Å². The minimum atomic E-state index is -0.875. The fourth-order valence-electron chi connectivity index (χ4n) is 0.936. The number of carboxylic acids is 1. The monoisotopic (exact) mass is 186 g/mol. The van der Waals surface area contributed by atoms with Gasteiger partial charge in [-0.05, 0) is 6.42 Å². The lowest BCUT2D eigenvalue weighted by Crippen LogP contribution is -2.26. The molecule has 0 aliphatic carbocycles. The molecule has 1 N–H and O–H groups in total. The van der Waals surface area contributed by atoms with Gasteiger partial charge in [0, 0.05) is 11.8 Å². The molecule has 0 saturated carbocycles. The molecule has 0 aliphatic rings. The molecule has 0 aliphatic heterocycles. The number of carboxylic acid groups (broad SMARTS) is 1. The van der Waals surface area contributed by atoms with Crippen molar-refractivity contribution in [1.82, 2.24) is 0 Å². The van der Waals surface area contributed by atoms with Crippen LogP contribution in [-0.4, -0.2) is 16.9 Å². The van der Waals surface area contributed by atoms with Gasteiger partial charge in [-0.15, -0.1) is 0 Å². The predicted molar refractivity (Wildman–Crippen MR) is 50.5 cm³/mol. The number of rotatable bonds is 4. The zero-order valence-corrected chi connectivity index (χ0v) is 8.76. The number of carbonyl (C=O) groups is 2. The molecule has 0 saturated heterocycles. The molecule has 0 bridgehead atoms. The van der Waals surface area contributed by atoms with Crippen molar-refractivity contribution in [3.8, 4) is 0 Å². The van der Waals surface area contributed by atoms with Crippen molar-refractivity contribution in [3.05, 3.63) is 0 Å². The lowest BCUT2D eigenvalue weighted by Gasteiger charge is -2.18. The maximum absolute atomic E-state index is 11.5. The summed E-state index contributed by atoms with van der Waals surface area (Å²) in [6.07, 6.45) is 0.659. The first-order valence-electron chi connectivity index (χ1n) is 4.55. The van der Waals surface area contributed by atoms with Gasteiger partial charge in [-0.25, -0.2) is 0 Å². The first-order valence-corrected chi connectivity index (χ1v) is 4.55. The van der Waals surface area contributed by atoms with E-state index in [-0.39, 0.29) is 12.2 Å². The molecular weight excluding hydrogens is 168 g/mol. The van der Waals surface area contributed by atoms with Crippen LogP contribution in [0.5, 0.6) is 0 Å². The molecule has 0 rings (SSSR count). The fraction of sp³-hybridized carbons (Fsp3) is 0.800. The van der Waals surface area contributed by atoms with Gasteiger partial charge in [0.2, 0.25) is 0 Å². The van der Waals surface area contributed by atoms with Crippen molar-refractivity contribution >= 4 is 11.8 Å². The minimum absolute atomic E-state index is 0.0155. The number of Topliss-reactive ketones (excluding diaryl/α,β-unsaturated/α-hetero) is 1. The van der Waals surface area contributed by atoms with Gasteiger partial charge < -0.3 is 5.11 Å². The molecule has 0 aromatic carbocycles. The second kappa shape index (κ2) is 4.40. The second-order valence-electron chi connectivity index (χ2n) is 4.32. The van der Waals surface area contributed by atoms with Gasteiger partial charge in [0.15, 0.2) is 0 Å². The van der Waals surface area contributed by atoms with Gasteiger partial charge in [-0.1, -0.05) is 27.7 Å². The van der Waals surface area contributed by atoms with Gasteiger partial charge in [0.05, 0.1) is 5.92 Å².